The van der Waals surface area contributed by atoms with Gasteiger partial charge in [0.15, 0.2) is 6.17 Å². The van der Waals surface area contributed by atoms with Gasteiger partial charge in [-0.05, 0) is 62.1 Å². The average Bonchev–Trinajstić information content (AvgIpc) is 3.32. The third kappa shape index (κ3) is 5.22. The van der Waals surface area contributed by atoms with Crippen molar-refractivity contribution in [3.8, 4) is 0 Å². The van der Waals surface area contributed by atoms with Crippen LogP contribution < -0.4 is 11.1 Å². The van der Waals surface area contributed by atoms with E-state index >= 15 is 0 Å². The predicted octanol–water partition coefficient (Wildman–Crippen LogP) is 1.59. The van der Waals surface area contributed by atoms with E-state index < -0.39 is 38.7 Å². The van der Waals surface area contributed by atoms with Crippen LogP contribution in [0.25, 0.3) is 0 Å². The topological polar surface area (TPSA) is 156 Å². The zero-order chi connectivity index (χ0) is 26.0. The molecule has 1 aliphatic carbocycles. The number of sulfonamides is 1. The summed E-state index contributed by atoms with van der Waals surface area (Å²) in [5.41, 5.74) is 5.80. The number of halogens is 1. The summed E-state index contributed by atoms with van der Waals surface area (Å²) in [5.74, 6) is -1.92. The highest BCUT2D eigenvalue weighted by molar-refractivity contribution is 7.89. The van der Waals surface area contributed by atoms with Gasteiger partial charge in [-0.2, -0.15) is 4.31 Å². The van der Waals surface area contributed by atoms with Crippen molar-refractivity contribution >= 4 is 27.5 Å². The Morgan fingerprint density at radius 3 is 2.19 bits per heavy atom. The molecule has 2 aromatic carbocycles. The summed E-state index contributed by atoms with van der Waals surface area (Å²) in [4.78, 5) is 38.0. The lowest BCUT2D eigenvalue weighted by Gasteiger charge is -2.32. The molecule has 3 N–H and O–H groups in total. The number of nitrogens with zero attached hydrogens (tertiary/aromatic N) is 3. The lowest BCUT2D eigenvalue weighted by Crippen LogP contribution is -2.56. The number of hydrogen-bond donors (Lipinski definition) is 2. The van der Waals surface area contributed by atoms with E-state index in [4.69, 9.17) is 5.73 Å². The third-order valence-corrected chi connectivity index (χ3v) is 8.36. The molecule has 2 aromatic rings. The van der Waals surface area contributed by atoms with Gasteiger partial charge in [0, 0.05) is 42.9 Å². The molecule has 1 unspecified atom stereocenters. The first kappa shape index (κ1) is 25.7. The zero-order valence-electron chi connectivity index (χ0n) is 19.2. The maximum Gasteiger partial charge on any atom is 0.269 e. The number of carbonyl (C=O) groups is 2. The van der Waals surface area contributed by atoms with Gasteiger partial charge in [-0.1, -0.05) is 0 Å². The molecular formula is C23H26FN5O6S. The first-order valence-electron chi connectivity index (χ1n) is 11.5. The van der Waals surface area contributed by atoms with Crippen LogP contribution in [0.1, 0.15) is 36.0 Å². The number of carbonyl (C=O) groups excluding carboxylic acids is 2. The number of nitro groups is 1. The Morgan fingerprint density at radius 1 is 1.00 bits per heavy atom. The summed E-state index contributed by atoms with van der Waals surface area (Å²) in [6, 6.07) is 8.88. The number of hydrogen-bond acceptors (Lipinski definition) is 7. The number of nitro benzene ring substituents is 1. The van der Waals surface area contributed by atoms with E-state index in [1.165, 1.54) is 12.1 Å². The second-order valence-corrected chi connectivity index (χ2v) is 10.8. The second-order valence-electron chi connectivity index (χ2n) is 8.87. The minimum Gasteiger partial charge on any atom is -0.350 e. The lowest BCUT2D eigenvalue weighted by atomic mass is 9.92. The van der Waals surface area contributed by atoms with Gasteiger partial charge in [0.1, 0.15) is 5.82 Å². The predicted molar refractivity (Wildman–Crippen MR) is 127 cm³/mol. The van der Waals surface area contributed by atoms with Gasteiger partial charge >= 0.3 is 0 Å². The molecule has 0 radical (unpaired) electrons. The smallest absolute Gasteiger partial charge is 0.269 e. The molecule has 192 valence electrons. The molecule has 11 nitrogen and oxygen atoms in total. The first-order chi connectivity index (χ1) is 17.1. The Balaban J connectivity index is 1.64. The molecule has 2 amide bonds. The molecule has 4 rings (SSSR count). The summed E-state index contributed by atoms with van der Waals surface area (Å²) < 4.78 is 41.2. The molecule has 1 atom stereocenters. The van der Waals surface area contributed by atoms with Crippen molar-refractivity contribution in [3.05, 3.63) is 70.0 Å². The molecule has 2 aliphatic rings. The molecule has 0 bridgehead atoms. The van der Waals surface area contributed by atoms with Crippen molar-refractivity contribution in [1.29, 1.82) is 0 Å². The highest BCUT2D eigenvalue weighted by Gasteiger charge is 2.47. The van der Waals surface area contributed by atoms with Crippen LogP contribution in [0, 0.1) is 15.9 Å². The quantitative estimate of drug-likeness (QED) is 0.434. The fraction of sp³-hybridized carbons (Fsp3) is 0.391. The van der Waals surface area contributed by atoms with E-state index in [-0.39, 0.29) is 41.3 Å². The van der Waals surface area contributed by atoms with E-state index in [0.29, 0.717) is 25.7 Å². The van der Waals surface area contributed by atoms with Crippen LogP contribution in [0.2, 0.25) is 0 Å². The molecule has 1 saturated carbocycles. The van der Waals surface area contributed by atoms with Crippen molar-refractivity contribution in [1.82, 2.24) is 14.5 Å². The Morgan fingerprint density at radius 2 is 1.61 bits per heavy atom. The normalized spacial score (nSPS) is 22.8. The van der Waals surface area contributed by atoms with E-state index in [9.17, 15) is 32.5 Å². The van der Waals surface area contributed by atoms with E-state index in [1.54, 1.807) is 0 Å². The van der Waals surface area contributed by atoms with Crippen molar-refractivity contribution in [2.24, 2.45) is 5.73 Å². The number of non-ortho nitro benzene ring substituents is 1. The van der Waals surface area contributed by atoms with E-state index in [2.05, 4.69) is 5.32 Å². The minimum atomic E-state index is -4.26. The summed E-state index contributed by atoms with van der Waals surface area (Å²) in [7, 11) is -4.26. The Labute approximate surface area is 207 Å². The first-order valence-corrected chi connectivity index (χ1v) is 12.9. The van der Waals surface area contributed by atoms with Crippen LogP contribution in [-0.2, 0) is 14.8 Å². The second kappa shape index (κ2) is 10.3. The van der Waals surface area contributed by atoms with Crippen LogP contribution in [-0.4, -0.2) is 65.7 Å². The van der Waals surface area contributed by atoms with Crippen LogP contribution in [0.5, 0.6) is 0 Å². The summed E-state index contributed by atoms with van der Waals surface area (Å²) >= 11 is 0. The van der Waals surface area contributed by atoms with Gasteiger partial charge in [0.2, 0.25) is 10.0 Å². The third-order valence-electron chi connectivity index (χ3n) is 6.49. The van der Waals surface area contributed by atoms with Gasteiger partial charge in [0.05, 0.1) is 9.82 Å². The Bertz CT molecular complexity index is 1250. The Kier molecular flexibility index (Phi) is 7.33. The van der Waals surface area contributed by atoms with Gasteiger partial charge < -0.3 is 16.0 Å². The number of nitrogens with two attached hydrogens (primary N) is 1. The van der Waals surface area contributed by atoms with Gasteiger partial charge in [-0.25, -0.2) is 12.8 Å². The van der Waals surface area contributed by atoms with Crippen molar-refractivity contribution < 1.29 is 27.3 Å². The highest BCUT2D eigenvalue weighted by atomic mass is 32.2. The summed E-state index contributed by atoms with van der Waals surface area (Å²) in [6.45, 7) is -0.240. The molecule has 13 heteroatoms. The minimum absolute atomic E-state index is 0.0419. The maximum atomic E-state index is 13.4. The maximum absolute atomic E-state index is 13.4. The van der Waals surface area contributed by atoms with Gasteiger partial charge in [-0.3, -0.25) is 19.7 Å². The van der Waals surface area contributed by atoms with E-state index in [0.717, 1.165) is 45.6 Å². The van der Waals surface area contributed by atoms with Crippen LogP contribution in [0.4, 0.5) is 10.1 Å². The van der Waals surface area contributed by atoms with Gasteiger partial charge in [0.25, 0.3) is 17.5 Å². The monoisotopic (exact) mass is 519 g/mol. The van der Waals surface area contributed by atoms with E-state index in [1.807, 2.05) is 0 Å². The lowest BCUT2D eigenvalue weighted by molar-refractivity contribution is -0.384. The Hall–Kier alpha value is -3.42. The van der Waals surface area contributed by atoms with Crippen molar-refractivity contribution in [3.63, 3.8) is 0 Å². The van der Waals surface area contributed by atoms with Crippen LogP contribution >= 0.6 is 0 Å². The molecule has 2 fully saturated rings. The molecular weight excluding hydrogens is 493 g/mol. The molecule has 0 aromatic heterocycles. The van der Waals surface area contributed by atoms with Crippen molar-refractivity contribution in [2.45, 2.75) is 48.8 Å². The van der Waals surface area contributed by atoms with Crippen LogP contribution in [0.3, 0.4) is 0 Å². The number of benzene rings is 2. The van der Waals surface area contributed by atoms with Gasteiger partial charge in [-0.15, -0.1) is 0 Å². The summed E-state index contributed by atoms with van der Waals surface area (Å²) in [5, 5.41) is 13.8. The number of amides is 2. The highest BCUT2D eigenvalue weighted by Crippen LogP contribution is 2.27. The molecule has 0 spiro atoms. The van der Waals surface area contributed by atoms with Crippen LogP contribution in [0.15, 0.2) is 53.4 Å². The number of nitrogens with one attached hydrogen (secondary N) is 1. The number of rotatable bonds is 6. The zero-order valence-corrected chi connectivity index (χ0v) is 20.1. The molecule has 1 aliphatic heterocycles. The fourth-order valence-corrected chi connectivity index (χ4v) is 6.06. The standard InChI is InChI=1S/C23H26FN5O6S/c24-16-3-11-20(12-4-16)36(34,35)28-14-13-27(23(31)15-1-9-19(10-2-15)29(32)33)22(28)21(30)26-18-7-5-17(25)6-8-18/h1-4,9-12,17-18,22H,5-8,13-14,25H2,(H,26,30). The molecule has 1 saturated heterocycles. The molecule has 1 heterocycles. The largest absolute Gasteiger partial charge is 0.350 e. The summed E-state index contributed by atoms with van der Waals surface area (Å²) in [6.07, 6.45) is 1.18. The molecule has 36 heavy (non-hydrogen) atoms. The fourth-order valence-electron chi connectivity index (χ4n) is 4.52. The SMILES string of the molecule is NC1CCC(NC(=O)C2N(C(=O)c3ccc([N+](=O)[O-])cc3)CCN2S(=O)(=O)c2ccc(F)cc2)CC1. The van der Waals surface area contributed by atoms with Crippen molar-refractivity contribution in [2.75, 3.05) is 13.1 Å². The average molecular weight is 520 g/mol.